The highest BCUT2D eigenvalue weighted by atomic mass is 16.5. The molecule has 2 rings (SSSR count). The van der Waals surface area contributed by atoms with Crippen LogP contribution < -0.4 is 10.1 Å². The number of aliphatic hydroxyl groups is 1. The SMILES string of the molecule is Cc1ccc2c(c1)OCC(NCC(=O)O)[C@H]2O. The average molecular weight is 237 g/mol. The van der Waals surface area contributed by atoms with Gasteiger partial charge in [-0.1, -0.05) is 12.1 Å². The lowest BCUT2D eigenvalue weighted by atomic mass is 9.98. The van der Waals surface area contributed by atoms with Crippen LogP contribution in [0, 0.1) is 6.92 Å². The van der Waals surface area contributed by atoms with Crippen molar-refractivity contribution in [2.75, 3.05) is 13.2 Å². The second kappa shape index (κ2) is 4.73. The van der Waals surface area contributed by atoms with E-state index in [2.05, 4.69) is 5.32 Å². The van der Waals surface area contributed by atoms with Gasteiger partial charge >= 0.3 is 5.97 Å². The van der Waals surface area contributed by atoms with Crippen LogP contribution in [0.1, 0.15) is 17.2 Å². The third-order valence-electron chi connectivity index (χ3n) is 2.80. The molecule has 0 radical (unpaired) electrons. The maximum Gasteiger partial charge on any atom is 0.317 e. The number of rotatable bonds is 3. The van der Waals surface area contributed by atoms with Crippen molar-refractivity contribution < 1.29 is 19.7 Å². The highest BCUT2D eigenvalue weighted by Crippen LogP contribution is 2.32. The second-order valence-electron chi connectivity index (χ2n) is 4.18. The van der Waals surface area contributed by atoms with Crippen LogP contribution in [0.15, 0.2) is 18.2 Å². The number of carboxylic acid groups (broad SMARTS) is 1. The van der Waals surface area contributed by atoms with E-state index >= 15 is 0 Å². The fourth-order valence-corrected chi connectivity index (χ4v) is 1.89. The maximum atomic E-state index is 10.5. The van der Waals surface area contributed by atoms with Gasteiger partial charge in [0.05, 0.1) is 12.6 Å². The van der Waals surface area contributed by atoms with Crippen molar-refractivity contribution in [2.24, 2.45) is 0 Å². The van der Waals surface area contributed by atoms with Crippen molar-refractivity contribution in [3.05, 3.63) is 29.3 Å². The van der Waals surface area contributed by atoms with E-state index in [-0.39, 0.29) is 19.2 Å². The standard InChI is InChI=1S/C12H15NO4/c1-7-2-3-8-10(4-7)17-6-9(12(8)16)13-5-11(14)15/h2-4,9,12-13,16H,5-6H2,1H3,(H,14,15)/t9?,12-/m0/s1. The third-order valence-corrected chi connectivity index (χ3v) is 2.80. The van der Waals surface area contributed by atoms with E-state index < -0.39 is 12.1 Å². The summed E-state index contributed by atoms with van der Waals surface area (Å²) in [5.74, 6) is -0.280. The first-order valence-electron chi connectivity index (χ1n) is 5.44. The first kappa shape index (κ1) is 11.9. The van der Waals surface area contributed by atoms with E-state index in [1.165, 1.54) is 0 Å². The highest BCUT2D eigenvalue weighted by molar-refractivity contribution is 5.69. The molecule has 1 unspecified atom stereocenters. The number of hydrogen-bond donors (Lipinski definition) is 3. The van der Waals surface area contributed by atoms with Gasteiger partial charge in [0.25, 0.3) is 0 Å². The largest absolute Gasteiger partial charge is 0.491 e. The number of aliphatic carboxylic acids is 1. The topological polar surface area (TPSA) is 78.8 Å². The lowest BCUT2D eigenvalue weighted by Crippen LogP contribution is -2.44. The summed E-state index contributed by atoms with van der Waals surface area (Å²) in [4.78, 5) is 10.5. The van der Waals surface area contributed by atoms with Gasteiger partial charge in [-0.15, -0.1) is 0 Å². The molecule has 5 heteroatoms. The second-order valence-corrected chi connectivity index (χ2v) is 4.18. The Balaban J connectivity index is 2.12. The molecule has 0 fully saturated rings. The molecule has 0 spiro atoms. The number of carbonyl (C=O) groups is 1. The van der Waals surface area contributed by atoms with Crippen LogP contribution in [0.3, 0.4) is 0 Å². The highest BCUT2D eigenvalue weighted by Gasteiger charge is 2.29. The van der Waals surface area contributed by atoms with E-state index in [1.54, 1.807) is 0 Å². The minimum absolute atomic E-state index is 0.188. The fourth-order valence-electron chi connectivity index (χ4n) is 1.89. The molecule has 2 atom stereocenters. The number of nitrogens with one attached hydrogen (secondary N) is 1. The van der Waals surface area contributed by atoms with Gasteiger partial charge in [-0.25, -0.2) is 0 Å². The summed E-state index contributed by atoms with van der Waals surface area (Å²) in [6.07, 6.45) is -0.737. The zero-order valence-corrected chi connectivity index (χ0v) is 9.51. The van der Waals surface area contributed by atoms with E-state index in [4.69, 9.17) is 9.84 Å². The molecule has 0 amide bonds. The lowest BCUT2D eigenvalue weighted by Gasteiger charge is -2.30. The number of fused-ring (bicyclic) bond motifs is 1. The molecule has 1 heterocycles. The fraction of sp³-hybridized carbons (Fsp3) is 0.417. The van der Waals surface area contributed by atoms with Crippen LogP contribution in [0.2, 0.25) is 0 Å². The monoisotopic (exact) mass is 237 g/mol. The molecule has 3 N–H and O–H groups in total. The summed E-state index contributed by atoms with van der Waals surface area (Å²) < 4.78 is 5.50. The smallest absolute Gasteiger partial charge is 0.317 e. The summed E-state index contributed by atoms with van der Waals surface area (Å²) in [5.41, 5.74) is 1.76. The molecule has 1 aliphatic heterocycles. The molecule has 1 aromatic rings. The van der Waals surface area contributed by atoms with Crippen LogP contribution in [-0.2, 0) is 4.79 Å². The van der Waals surface area contributed by atoms with Gasteiger partial charge in [-0.05, 0) is 18.6 Å². The Kier molecular flexibility index (Phi) is 3.31. The van der Waals surface area contributed by atoms with Gasteiger partial charge in [-0.3, -0.25) is 10.1 Å². The van der Waals surface area contributed by atoms with Crippen LogP contribution in [0.5, 0.6) is 5.75 Å². The van der Waals surface area contributed by atoms with Crippen molar-refractivity contribution >= 4 is 5.97 Å². The van der Waals surface area contributed by atoms with Gasteiger partial charge < -0.3 is 14.9 Å². The Labute approximate surface area is 99.0 Å². The van der Waals surface area contributed by atoms with Gasteiger partial charge in [0, 0.05) is 5.56 Å². The van der Waals surface area contributed by atoms with Crippen molar-refractivity contribution in [3.63, 3.8) is 0 Å². The molecule has 0 saturated carbocycles. The summed E-state index contributed by atoms with van der Waals surface area (Å²) >= 11 is 0. The molecule has 92 valence electrons. The molecule has 0 aliphatic carbocycles. The van der Waals surface area contributed by atoms with E-state index in [1.807, 2.05) is 25.1 Å². The zero-order valence-electron chi connectivity index (χ0n) is 9.51. The van der Waals surface area contributed by atoms with Crippen LogP contribution in [-0.4, -0.2) is 35.4 Å². The Hall–Kier alpha value is -1.59. The van der Waals surface area contributed by atoms with E-state index in [0.717, 1.165) is 5.56 Å². The quantitative estimate of drug-likeness (QED) is 0.712. The lowest BCUT2D eigenvalue weighted by molar-refractivity contribution is -0.136. The van der Waals surface area contributed by atoms with Gasteiger partial charge in [0.2, 0.25) is 0 Å². The first-order chi connectivity index (χ1) is 8.08. The van der Waals surface area contributed by atoms with Crippen LogP contribution in [0.4, 0.5) is 0 Å². The molecule has 1 aromatic carbocycles. The van der Waals surface area contributed by atoms with Crippen molar-refractivity contribution in [3.8, 4) is 5.75 Å². The van der Waals surface area contributed by atoms with E-state index in [0.29, 0.717) is 11.3 Å². The van der Waals surface area contributed by atoms with Crippen LogP contribution >= 0.6 is 0 Å². The van der Waals surface area contributed by atoms with Gasteiger partial charge in [-0.2, -0.15) is 0 Å². The molecule has 1 aliphatic rings. The molecule has 0 aromatic heterocycles. The predicted molar refractivity (Wildman–Crippen MR) is 61.1 cm³/mol. The number of hydrogen-bond acceptors (Lipinski definition) is 4. The number of ether oxygens (including phenoxy) is 1. The normalized spacial score (nSPS) is 22.7. The Morgan fingerprint density at radius 3 is 3.06 bits per heavy atom. The Morgan fingerprint density at radius 2 is 2.35 bits per heavy atom. The van der Waals surface area contributed by atoms with Gasteiger partial charge in [0.15, 0.2) is 0 Å². The van der Waals surface area contributed by atoms with E-state index in [9.17, 15) is 9.90 Å². The Bertz CT molecular complexity index is 433. The third kappa shape index (κ3) is 2.57. The minimum atomic E-state index is -0.952. The molecule has 17 heavy (non-hydrogen) atoms. The number of aliphatic hydroxyl groups excluding tert-OH is 1. The average Bonchev–Trinajstić information content (AvgIpc) is 2.27. The summed E-state index contributed by atoms with van der Waals surface area (Å²) in [7, 11) is 0. The maximum absolute atomic E-state index is 10.5. The molecule has 0 bridgehead atoms. The number of carboxylic acids is 1. The van der Waals surface area contributed by atoms with Crippen molar-refractivity contribution in [1.82, 2.24) is 5.32 Å². The molecular formula is C12H15NO4. The summed E-state index contributed by atoms with van der Waals surface area (Å²) in [5, 5.41) is 21.4. The Morgan fingerprint density at radius 1 is 1.59 bits per heavy atom. The molecule has 0 saturated heterocycles. The van der Waals surface area contributed by atoms with Crippen molar-refractivity contribution in [2.45, 2.75) is 19.1 Å². The number of aryl methyl sites for hydroxylation is 1. The zero-order chi connectivity index (χ0) is 12.4. The van der Waals surface area contributed by atoms with Gasteiger partial charge in [0.1, 0.15) is 18.5 Å². The molecule has 5 nitrogen and oxygen atoms in total. The van der Waals surface area contributed by atoms with Crippen LogP contribution in [0.25, 0.3) is 0 Å². The minimum Gasteiger partial charge on any atom is -0.491 e. The molecular weight excluding hydrogens is 222 g/mol. The van der Waals surface area contributed by atoms with Crippen molar-refractivity contribution in [1.29, 1.82) is 0 Å². The summed E-state index contributed by atoms with van der Waals surface area (Å²) in [6.45, 7) is 2.03. The first-order valence-corrected chi connectivity index (χ1v) is 5.44. The predicted octanol–water partition coefficient (Wildman–Crippen LogP) is 0.464. The summed E-state index contributed by atoms with van der Waals surface area (Å²) in [6, 6.07) is 5.18. The number of benzene rings is 1.